The second kappa shape index (κ2) is 14.4. The summed E-state index contributed by atoms with van der Waals surface area (Å²) in [5, 5.41) is 13.9. The molecule has 0 bridgehead atoms. The molecule has 0 radical (unpaired) electrons. The maximum atomic E-state index is 12.8. The monoisotopic (exact) mass is 546 g/mol. The second-order valence-electron chi connectivity index (χ2n) is 8.70. The van der Waals surface area contributed by atoms with E-state index in [9.17, 15) is 29.3 Å². The molecule has 212 valence electrons. The van der Waals surface area contributed by atoms with Crippen molar-refractivity contribution in [2.75, 3.05) is 31.2 Å². The molecule has 5 N–H and O–H groups in total. The number of benzene rings is 1. The highest BCUT2D eigenvalue weighted by Crippen LogP contribution is 2.25. The molecule has 1 aromatic carbocycles. The van der Waals surface area contributed by atoms with Crippen LogP contribution in [0.4, 0.5) is 11.8 Å². The van der Waals surface area contributed by atoms with Crippen molar-refractivity contribution in [1.82, 2.24) is 14.9 Å². The molecule has 39 heavy (non-hydrogen) atoms. The number of aryl methyl sites for hydroxylation is 1. The third-order valence-electron chi connectivity index (χ3n) is 6.02. The third kappa shape index (κ3) is 8.79. The normalized spacial score (nSPS) is 12.3. The van der Waals surface area contributed by atoms with Crippen LogP contribution in [0.5, 0.6) is 0 Å². The Morgan fingerprint density at radius 2 is 1.74 bits per heavy atom. The van der Waals surface area contributed by atoms with Crippen LogP contribution >= 0.6 is 0 Å². The molecule has 2 atom stereocenters. The predicted octanol–water partition coefficient (Wildman–Crippen LogP) is 0.943. The molecule has 0 aliphatic rings. The van der Waals surface area contributed by atoms with Gasteiger partial charge in [0.15, 0.2) is 0 Å². The Balaban J connectivity index is 2.12. The van der Waals surface area contributed by atoms with E-state index in [0.29, 0.717) is 6.42 Å². The molecule has 14 nitrogen and oxygen atoms in total. The SMILES string of the molecule is CCOC(=O)CC[C@H](NC(=O)c1ccc(CCC(C[N+](=O)[O-])c2c(N)n(C)c(N)nc2=O)cc1)C(=O)OCC. The van der Waals surface area contributed by atoms with Gasteiger partial charge in [-0.25, -0.2) is 4.79 Å². The van der Waals surface area contributed by atoms with E-state index in [2.05, 4.69) is 10.3 Å². The number of aromatic nitrogens is 2. The van der Waals surface area contributed by atoms with Crippen LogP contribution in [-0.2, 0) is 32.5 Å². The number of nitrogen functional groups attached to an aromatic ring is 2. The average molecular weight is 547 g/mol. The molecule has 0 aliphatic carbocycles. The number of hydrogen-bond acceptors (Lipinski definition) is 11. The van der Waals surface area contributed by atoms with Gasteiger partial charge in [-0.05, 0) is 50.8 Å². The quantitative estimate of drug-likeness (QED) is 0.172. The highest BCUT2D eigenvalue weighted by Gasteiger charge is 2.26. The summed E-state index contributed by atoms with van der Waals surface area (Å²) < 4.78 is 11.2. The van der Waals surface area contributed by atoms with E-state index in [1.165, 1.54) is 11.6 Å². The van der Waals surface area contributed by atoms with E-state index >= 15 is 0 Å². The van der Waals surface area contributed by atoms with Crippen LogP contribution in [0.15, 0.2) is 29.1 Å². The van der Waals surface area contributed by atoms with E-state index in [0.717, 1.165) is 5.56 Å². The Labute approximate surface area is 224 Å². The first kappa shape index (κ1) is 30.7. The molecular formula is C25H34N6O8. The first-order chi connectivity index (χ1) is 18.5. The standard InChI is InChI=1S/C25H34N6O8/c1-4-38-19(32)13-12-18(24(35)39-5-2)28-22(33)16-9-6-15(7-10-16)8-11-17(14-31(36)37)20-21(26)30(3)25(27)29-23(20)34/h6-7,9-10,17-18H,4-5,8,11-14,26H2,1-3H3,(H,28,33)(H2,27,29,34)/t17?,18-/m0/s1. The lowest BCUT2D eigenvalue weighted by Gasteiger charge is -2.18. The molecule has 0 saturated heterocycles. The topological polar surface area (TPSA) is 212 Å². The molecular weight excluding hydrogens is 512 g/mol. The summed E-state index contributed by atoms with van der Waals surface area (Å²) in [6.45, 7) is 3.09. The molecule has 0 aliphatic heterocycles. The maximum absolute atomic E-state index is 12.8. The number of esters is 2. The number of carbonyl (C=O) groups is 3. The van der Waals surface area contributed by atoms with E-state index in [-0.39, 0.29) is 55.4 Å². The molecule has 14 heteroatoms. The minimum atomic E-state index is -1.04. The van der Waals surface area contributed by atoms with Crippen LogP contribution < -0.4 is 22.3 Å². The van der Waals surface area contributed by atoms with Crippen LogP contribution in [-0.4, -0.2) is 58.1 Å². The average Bonchev–Trinajstić information content (AvgIpc) is 2.88. The fraction of sp³-hybridized carbons (Fsp3) is 0.480. The summed E-state index contributed by atoms with van der Waals surface area (Å²) >= 11 is 0. The Hall–Kier alpha value is -4.49. The van der Waals surface area contributed by atoms with E-state index < -0.39 is 46.8 Å². The molecule has 2 rings (SSSR count). The summed E-state index contributed by atoms with van der Waals surface area (Å²) in [7, 11) is 1.51. The number of rotatable bonds is 14. The van der Waals surface area contributed by atoms with Crippen molar-refractivity contribution < 1.29 is 28.8 Å². The zero-order valence-electron chi connectivity index (χ0n) is 22.2. The minimum Gasteiger partial charge on any atom is -0.466 e. The fourth-order valence-electron chi connectivity index (χ4n) is 3.94. The van der Waals surface area contributed by atoms with Gasteiger partial charge in [0.05, 0.1) is 24.7 Å². The number of nitrogens with two attached hydrogens (primary N) is 2. The van der Waals surface area contributed by atoms with Gasteiger partial charge >= 0.3 is 11.9 Å². The number of nitro groups is 1. The van der Waals surface area contributed by atoms with E-state index in [1.54, 1.807) is 38.1 Å². The van der Waals surface area contributed by atoms with Crippen molar-refractivity contribution in [3.05, 3.63) is 61.4 Å². The summed E-state index contributed by atoms with van der Waals surface area (Å²) in [6.07, 6.45) is 0.510. The molecule has 0 spiro atoms. The van der Waals surface area contributed by atoms with Gasteiger partial charge in [0.2, 0.25) is 12.5 Å². The van der Waals surface area contributed by atoms with E-state index in [4.69, 9.17) is 20.9 Å². The van der Waals surface area contributed by atoms with Crippen molar-refractivity contribution in [2.24, 2.45) is 7.05 Å². The Kier molecular flexibility index (Phi) is 11.4. The maximum Gasteiger partial charge on any atom is 0.328 e. The molecule has 0 fully saturated rings. The van der Waals surface area contributed by atoms with Gasteiger partial charge in [0, 0.05) is 24.0 Å². The van der Waals surface area contributed by atoms with Gasteiger partial charge in [-0.15, -0.1) is 0 Å². The second-order valence-corrected chi connectivity index (χ2v) is 8.70. The molecule has 1 amide bonds. The van der Waals surface area contributed by atoms with Gasteiger partial charge < -0.3 is 30.8 Å². The number of carbonyl (C=O) groups excluding carboxylic acids is 3. The number of ether oxygens (including phenoxy) is 2. The number of nitrogens with one attached hydrogen (secondary N) is 1. The lowest BCUT2D eigenvalue weighted by molar-refractivity contribution is -0.483. The summed E-state index contributed by atoms with van der Waals surface area (Å²) in [6, 6.07) is 5.38. The summed E-state index contributed by atoms with van der Waals surface area (Å²) in [4.78, 5) is 63.7. The molecule has 1 aromatic heterocycles. The number of hydrogen-bond donors (Lipinski definition) is 3. The smallest absolute Gasteiger partial charge is 0.328 e. The predicted molar refractivity (Wildman–Crippen MR) is 141 cm³/mol. The van der Waals surface area contributed by atoms with Crippen LogP contribution in [0.1, 0.15) is 60.5 Å². The number of nitrogens with zero attached hydrogens (tertiary/aromatic N) is 3. The lowest BCUT2D eigenvalue weighted by Crippen LogP contribution is -2.42. The van der Waals surface area contributed by atoms with Crippen LogP contribution in [0, 0.1) is 10.1 Å². The van der Waals surface area contributed by atoms with Crippen molar-refractivity contribution in [1.29, 1.82) is 0 Å². The zero-order chi connectivity index (χ0) is 29.1. The Morgan fingerprint density at radius 1 is 1.10 bits per heavy atom. The van der Waals surface area contributed by atoms with Crippen LogP contribution in [0.3, 0.4) is 0 Å². The van der Waals surface area contributed by atoms with Crippen molar-refractivity contribution in [3.63, 3.8) is 0 Å². The highest BCUT2D eigenvalue weighted by molar-refractivity contribution is 5.96. The molecule has 2 aromatic rings. The van der Waals surface area contributed by atoms with Crippen molar-refractivity contribution >= 4 is 29.6 Å². The number of amides is 1. The highest BCUT2D eigenvalue weighted by atomic mass is 16.6. The summed E-state index contributed by atoms with van der Waals surface area (Å²) in [5.74, 6) is -2.58. The zero-order valence-corrected chi connectivity index (χ0v) is 22.2. The summed E-state index contributed by atoms with van der Waals surface area (Å²) in [5.41, 5.74) is 12.0. The first-order valence-corrected chi connectivity index (χ1v) is 12.4. The lowest BCUT2D eigenvalue weighted by atomic mass is 9.93. The molecule has 1 unspecified atom stereocenters. The number of anilines is 2. The van der Waals surface area contributed by atoms with Gasteiger partial charge in [-0.2, -0.15) is 4.98 Å². The Bertz CT molecular complexity index is 1240. The van der Waals surface area contributed by atoms with Gasteiger partial charge in [-0.3, -0.25) is 24.5 Å². The van der Waals surface area contributed by atoms with E-state index in [1.807, 2.05) is 0 Å². The Morgan fingerprint density at radius 3 is 2.33 bits per heavy atom. The molecule has 1 heterocycles. The van der Waals surface area contributed by atoms with Crippen LogP contribution in [0.25, 0.3) is 0 Å². The van der Waals surface area contributed by atoms with Crippen molar-refractivity contribution in [3.8, 4) is 0 Å². The molecule has 0 saturated carbocycles. The fourth-order valence-corrected chi connectivity index (χ4v) is 3.94. The first-order valence-electron chi connectivity index (χ1n) is 12.4. The van der Waals surface area contributed by atoms with Gasteiger partial charge in [0.1, 0.15) is 11.9 Å². The van der Waals surface area contributed by atoms with Gasteiger partial charge in [-0.1, -0.05) is 12.1 Å². The minimum absolute atomic E-state index is 0.0158. The van der Waals surface area contributed by atoms with Crippen LogP contribution in [0.2, 0.25) is 0 Å². The third-order valence-corrected chi connectivity index (χ3v) is 6.02. The largest absolute Gasteiger partial charge is 0.466 e. The van der Waals surface area contributed by atoms with Gasteiger partial charge in [0.25, 0.3) is 11.5 Å². The van der Waals surface area contributed by atoms with Crippen molar-refractivity contribution in [2.45, 2.75) is 51.5 Å².